The van der Waals surface area contributed by atoms with Crippen molar-refractivity contribution in [2.45, 2.75) is 26.2 Å². The molecule has 0 aliphatic carbocycles. The number of aromatic nitrogens is 4. The van der Waals surface area contributed by atoms with Gasteiger partial charge in [-0.25, -0.2) is 9.97 Å². The number of imidazole rings is 1. The van der Waals surface area contributed by atoms with Crippen LogP contribution in [0.25, 0.3) is 61.4 Å². The van der Waals surface area contributed by atoms with Crippen molar-refractivity contribution in [3.8, 4) is 28.2 Å². The van der Waals surface area contributed by atoms with Gasteiger partial charge in [0, 0.05) is 11.8 Å². The normalized spacial score (nSPS) is 12.1. The van der Waals surface area contributed by atoms with Crippen molar-refractivity contribution in [1.29, 1.82) is 0 Å². The first kappa shape index (κ1) is 23.3. The maximum atomic E-state index is 13.7. The first-order chi connectivity index (χ1) is 18.9. The van der Waals surface area contributed by atoms with Crippen LogP contribution in [0.1, 0.15) is 26.3 Å². The van der Waals surface area contributed by atoms with Crippen molar-refractivity contribution < 1.29 is 8.81 Å². The van der Waals surface area contributed by atoms with Crippen LogP contribution < -0.4 is 0 Å². The Bertz CT molecular complexity index is 2020. The van der Waals surface area contributed by atoms with Gasteiger partial charge in [0.15, 0.2) is 0 Å². The Labute approximate surface area is 224 Å². The summed E-state index contributed by atoms with van der Waals surface area (Å²) in [5, 5.41) is 1.48. The molecule has 39 heavy (non-hydrogen) atoms. The molecule has 5 nitrogen and oxygen atoms in total. The van der Waals surface area contributed by atoms with E-state index in [-0.39, 0.29) is 11.1 Å². The lowest BCUT2D eigenvalue weighted by Crippen LogP contribution is -2.16. The van der Waals surface area contributed by atoms with E-state index in [1.807, 2.05) is 30.3 Å². The molecule has 7 rings (SSSR count). The van der Waals surface area contributed by atoms with Crippen LogP contribution in [0.15, 0.2) is 102 Å². The highest BCUT2D eigenvalue weighted by Crippen LogP contribution is 2.38. The molecule has 0 saturated heterocycles. The predicted molar refractivity (Wildman–Crippen MR) is 153 cm³/mol. The molecule has 190 valence electrons. The van der Waals surface area contributed by atoms with E-state index in [2.05, 4.69) is 83.8 Å². The lowest BCUT2D eigenvalue weighted by molar-refractivity contribution is 0.567. The molecule has 0 atom stereocenters. The maximum absolute atomic E-state index is 13.7. The average molecular weight is 513 g/mol. The Morgan fingerprint density at radius 1 is 0.718 bits per heavy atom. The lowest BCUT2D eigenvalue weighted by atomic mass is 9.84. The zero-order chi connectivity index (χ0) is 26.7. The van der Waals surface area contributed by atoms with Crippen LogP contribution >= 0.6 is 0 Å². The Morgan fingerprint density at radius 3 is 2.33 bits per heavy atom. The monoisotopic (exact) mass is 512 g/mol. The zero-order valence-corrected chi connectivity index (χ0v) is 21.8. The minimum absolute atomic E-state index is 0.137. The van der Waals surface area contributed by atoms with Crippen molar-refractivity contribution in [2.75, 3.05) is 0 Å². The third kappa shape index (κ3) is 3.87. The summed E-state index contributed by atoms with van der Waals surface area (Å²) in [6, 6.07) is 30.2. The summed E-state index contributed by atoms with van der Waals surface area (Å²) in [6.45, 7) is 6.70. The molecule has 0 radical (unpaired) electrons. The standard InChI is InChI=1S/C33H25FN4O/c1-33(2,3)25-18-21(20-9-5-4-6-10-20)13-15-27(25)38-28-12-8-7-11-26(28)36-30(38)22-17-24-23-14-16-29(34)37-32(23)39-31(24)35-19-22/h4-19H,1-3H3. The highest BCUT2D eigenvalue weighted by atomic mass is 19.1. The topological polar surface area (TPSA) is 56.7 Å². The fourth-order valence-corrected chi connectivity index (χ4v) is 5.25. The van der Waals surface area contributed by atoms with E-state index < -0.39 is 5.95 Å². The molecule has 0 unspecified atom stereocenters. The van der Waals surface area contributed by atoms with Crippen molar-refractivity contribution in [3.05, 3.63) is 109 Å². The summed E-state index contributed by atoms with van der Waals surface area (Å²) < 4.78 is 21.7. The van der Waals surface area contributed by atoms with Crippen LogP contribution in [0.2, 0.25) is 0 Å². The molecule has 7 aromatic rings. The molecule has 6 heteroatoms. The lowest BCUT2D eigenvalue weighted by Gasteiger charge is -2.25. The Balaban J connectivity index is 1.50. The van der Waals surface area contributed by atoms with E-state index in [9.17, 15) is 4.39 Å². The number of hydrogen-bond donors (Lipinski definition) is 0. The van der Waals surface area contributed by atoms with Crippen LogP contribution in [-0.2, 0) is 5.41 Å². The quantitative estimate of drug-likeness (QED) is 0.223. The van der Waals surface area contributed by atoms with Gasteiger partial charge in [-0.15, -0.1) is 0 Å². The van der Waals surface area contributed by atoms with Gasteiger partial charge < -0.3 is 4.42 Å². The maximum Gasteiger partial charge on any atom is 0.232 e. The first-order valence-electron chi connectivity index (χ1n) is 12.9. The molecule has 0 amide bonds. The van der Waals surface area contributed by atoms with Gasteiger partial charge in [0.2, 0.25) is 17.4 Å². The molecule has 0 fully saturated rings. The molecule has 3 aromatic carbocycles. The molecule has 4 aromatic heterocycles. The summed E-state index contributed by atoms with van der Waals surface area (Å²) in [7, 11) is 0. The summed E-state index contributed by atoms with van der Waals surface area (Å²) in [5.74, 6) is 0.185. The van der Waals surface area contributed by atoms with E-state index in [1.165, 1.54) is 22.8 Å². The SMILES string of the molecule is CC(C)(C)c1cc(-c2ccccc2)ccc1-n1c(-c2cnc3oc4nc(F)ccc4c3c2)nc2ccccc21. The largest absolute Gasteiger partial charge is 0.419 e. The van der Waals surface area contributed by atoms with Crippen LogP contribution in [0.3, 0.4) is 0 Å². The summed E-state index contributed by atoms with van der Waals surface area (Å²) in [6.07, 6.45) is 1.76. The Kier molecular flexibility index (Phi) is 5.13. The number of rotatable bonds is 3. The van der Waals surface area contributed by atoms with Crippen molar-refractivity contribution in [2.24, 2.45) is 0 Å². The van der Waals surface area contributed by atoms with Crippen molar-refractivity contribution >= 4 is 33.2 Å². The van der Waals surface area contributed by atoms with Crippen LogP contribution in [0.4, 0.5) is 4.39 Å². The van der Waals surface area contributed by atoms with E-state index in [0.717, 1.165) is 33.5 Å². The minimum Gasteiger partial charge on any atom is -0.419 e. The third-order valence-corrected chi connectivity index (χ3v) is 7.13. The van der Waals surface area contributed by atoms with Crippen LogP contribution in [-0.4, -0.2) is 19.5 Å². The number of furan rings is 1. The predicted octanol–water partition coefficient (Wildman–Crippen LogP) is 8.49. The number of fused-ring (bicyclic) bond motifs is 4. The third-order valence-electron chi connectivity index (χ3n) is 7.13. The molecular formula is C33H25FN4O. The number of benzene rings is 3. The molecule has 0 saturated carbocycles. The second-order valence-electron chi connectivity index (χ2n) is 10.8. The number of para-hydroxylation sites is 2. The van der Waals surface area contributed by atoms with Crippen LogP contribution in [0.5, 0.6) is 0 Å². The van der Waals surface area contributed by atoms with Gasteiger partial charge in [-0.2, -0.15) is 9.37 Å². The summed E-state index contributed by atoms with van der Waals surface area (Å²) in [5.41, 5.74) is 7.85. The molecule has 4 heterocycles. The highest BCUT2D eigenvalue weighted by Gasteiger charge is 2.24. The highest BCUT2D eigenvalue weighted by molar-refractivity contribution is 6.03. The van der Waals surface area contributed by atoms with E-state index in [4.69, 9.17) is 9.40 Å². The van der Waals surface area contributed by atoms with Gasteiger partial charge in [0.05, 0.1) is 27.5 Å². The van der Waals surface area contributed by atoms with Crippen LogP contribution in [0, 0.1) is 5.95 Å². The van der Waals surface area contributed by atoms with Gasteiger partial charge in [-0.1, -0.05) is 69.3 Å². The molecular weight excluding hydrogens is 487 g/mol. The van der Waals surface area contributed by atoms with E-state index in [0.29, 0.717) is 11.1 Å². The molecule has 0 aliphatic rings. The van der Waals surface area contributed by atoms with E-state index >= 15 is 0 Å². The Hall–Kier alpha value is -4.84. The number of halogens is 1. The fourth-order valence-electron chi connectivity index (χ4n) is 5.25. The first-order valence-corrected chi connectivity index (χ1v) is 12.9. The number of hydrogen-bond acceptors (Lipinski definition) is 4. The number of pyridine rings is 2. The number of nitrogens with zero attached hydrogens (tertiary/aromatic N) is 4. The summed E-state index contributed by atoms with van der Waals surface area (Å²) in [4.78, 5) is 13.5. The zero-order valence-electron chi connectivity index (χ0n) is 21.8. The van der Waals surface area contributed by atoms with Gasteiger partial charge >= 0.3 is 0 Å². The van der Waals surface area contributed by atoms with Gasteiger partial charge in [0.1, 0.15) is 5.82 Å². The Morgan fingerprint density at radius 2 is 1.51 bits per heavy atom. The van der Waals surface area contributed by atoms with Gasteiger partial charge in [-0.3, -0.25) is 4.57 Å². The molecule has 0 aliphatic heterocycles. The smallest absolute Gasteiger partial charge is 0.232 e. The van der Waals surface area contributed by atoms with E-state index in [1.54, 1.807) is 12.3 Å². The summed E-state index contributed by atoms with van der Waals surface area (Å²) >= 11 is 0. The van der Waals surface area contributed by atoms with Gasteiger partial charge in [0.25, 0.3) is 0 Å². The molecule has 0 bridgehead atoms. The molecule has 0 N–H and O–H groups in total. The average Bonchev–Trinajstić information content (AvgIpc) is 3.50. The van der Waals surface area contributed by atoms with Crippen molar-refractivity contribution in [1.82, 2.24) is 19.5 Å². The van der Waals surface area contributed by atoms with Crippen molar-refractivity contribution in [3.63, 3.8) is 0 Å². The minimum atomic E-state index is -0.586. The second kappa shape index (κ2) is 8.60. The fraction of sp³-hybridized carbons (Fsp3) is 0.121. The van der Waals surface area contributed by atoms with Gasteiger partial charge in [-0.05, 0) is 64.6 Å². The molecule has 0 spiro atoms. The second-order valence-corrected chi connectivity index (χ2v) is 10.8.